The lowest BCUT2D eigenvalue weighted by atomic mass is 10.2. The summed E-state index contributed by atoms with van der Waals surface area (Å²) in [5.74, 6) is 0.0398. The minimum absolute atomic E-state index is 0.0398. The zero-order valence-corrected chi connectivity index (χ0v) is 12.0. The summed E-state index contributed by atoms with van der Waals surface area (Å²) in [6.07, 6.45) is 1.84. The highest BCUT2D eigenvalue weighted by Gasteiger charge is 2.10. The lowest BCUT2D eigenvalue weighted by molar-refractivity contribution is -0.121. The average Bonchev–Trinajstić information content (AvgIpc) is 2.92. The van der Waals surface area contributed by atoms with Crippen LogP contribution in [0, 0.1) is 6.07 Å². The van der Waals surface area contributed by atoms with E-state index in [1.165, 1.54) is 0 Å². The summed E-state index contributed by atoms with van der Waals surface area (Å²) in [5.41, 5.74) is 1.04. The zero-order chi connectivity index (χ0) is 14.5. The van der Waals surface area contributed by atoms with Gasteiger partial charge in [-0.25, -0.2) is 0 Å². The topological polar surface area (TPSA) is 46.5 Å². The fraction of sp³-hybridized carbons (Fsp3) is 0.438. The van der Waals surface area contributed by atoms with Crippen LogP contribution in [-0.4, -0.2) is 54.8 Å². The lowest BCUT2D eigenvalue weighted by Gasteiger charge is -2.26. The third-order valence-corrected chi connectivity index (χ3v) is 3.76. The Kier molecular flexibility index (Phi) is 4.52. The fourth-order valence-corrected chi connectivity index (χ4v) is 2.58. The molecule has 0 saturated carbocycles. The number of fused-ring (bicyclic) bond motifs is 1. The Morgan fingerprint density at radius 2 is 2.10 bits per heavy atom. The van der Waals surface area contributed by atoms with E-state index in [1.807, 2.05) is 35.0 Å². The van der Waals surface area contributed by atoms with Crippen molar-refractivity contribution in [1.29, 1.82) is 0 Å². The molecule has 111 valence electrons. The predicted octanol–water partition coefficient (Wildman–Crippen LogP) is 0.890. The van der Waals surface area contributed by atoms with Crippen LogP contribution in [0.5, 0.6) is 0 Å². The van der Waals surface area contributed by atoms with E-state index < -0.39 is 0 Å². The number of para-hydroxylation sites is 1. The van der Waals surface area contributed by atoms with Crippen molar-refractivity contribution in [3.05, 3.63) is 36.5 Å². The zero-order valence-electron chi connectivity index (χ0n) is 12.0. The molecular weight excluding hydrogens is 266 g/mol. The minimum atomic E-state index is 0.0398. The van der Waals surface area contributed by atoms with Gasteiger partial charge >= 0.3 is 0 Å². The van der Waals surface area contributed by atoms with Gasteiger partial charge in [0.15, 0.2) is 0 Å². The molecule has 0 bridgehead atoms. The number of carbonyl (C=O) groups is 1. The van der Waals surface area contributed by atoms with Crippen molar-refractivity contribution >= 4 is 16.8 Å². The molecule has 1 aromatic carbocycles. The van der Waals surface area contributed by atoms with Crippen LogP contribution in [-0.2, 0) is 16.1 Å². The second-order valence-electron chi connectivity index (χ2n) is 5.22. The maximum absolute atomic E-state index is 12.0. The highest BCUT2D eigenvalue weighted by molar-refractivity contribution is 5.82. The van der Waals surface area contributed by atoms with E-state index in [9.17, 15) is 4.79 Å². The molecule has 2 aromatic rings. The molecule has 2 heterocycles. The van der Waals surface area contributed by atoms with Gasteiger partial charge in [-0.15, -0.1) is 0 Å². The SMILES string of the molecule is O=C(Cn1c[c]c2ccccc21)NCCN1CCOCC1. The standard InChI is InChI=1S/C16H20N3O2/c20-16(17-6-8-18-9-11-21-12-10-18)13-19-7-5-14-3-1-2-4-15(14)19/h1-4,7H,6,8-13H2,(H,17,20). The van der Waals surface area contributed by atoms with E-state index in [-0.39, 0.29) is 5.91 Å². The molecule has 3 rings (SSSR count). The van der Waals surface area contributed by atoms with Gasteiger partial charge in [0.2, 0.25) is 5.91 Å². The number of nitrogens with one attached hydrogen (secondary N) is 1. The van der Waals surface area contributed by atoms with Crippen molar-refractivity contribution in [3.63, 3.8) is 0 Å². The molecule has 0 spiro atoms. The maximum Gasteiger partial charge on any atom is 0.239 e. The summed E-state index contributed by atoms with van der Waals surface area (Å²) in [5, 5.41) is 4.02. The highest BCUT2D eigenvalue weighted by atomic mass is 16.5. The molecule has 21 heavy (non-hydrogen) atoms. The number of ether oxygens (including phenoxy) is 1. The van der Waals surface area contributed by atoms with Crippen molar-refractivity contribution in [1.82, 2.24) is 14.8 Å². The smallest absolute Gasteiger partial charge is 0.239 e. The van der Waals surface area contributed by atoms with Crippen LogP contribution >= 0.6 is 0 Å². The van der Waals surface area contributed by atoms with Crippen LogP contribution in [0.2, 0.25) is 0 Å². The number of aromatic nitrogens is 1. The average molecular weight is 286 g/mol. The van der Waals surface area contributed by atoms with Gasteiger partial charge in [-0.3, -0.25) is 9.69 Å². The Morgan fingerprint density at radius 1 is 1.29 bits per heavy atom. The molecule has 5 nitrogen and oxygen atoms in total. The molecule has 0 atom stereocenters. The molecule has 0 unspecified atom stereocenters. The Bertz CT molecular complexity index is 602. The van der Waals surface area contributed by atoms with Gasteiger partial charge < -0.3 is 14.6 Å². The van der Waals surface area contributed by atoms with E-state index >= 15 is 0 Å². The summed E-state index contributed by atoms with van der Waals surface area (Å²) in [4.78, 5) is 14.3. The second kappa shape index (κ2) is 6.74. The molecular formula is C16H20N3O2. The van der Waals surface area contributed by atoms with Gasteiger partial charge in [-0.05, 0) is 6.07 Å². The van der Waals surface area contributed by atoms with Gasteiger partial charge in [0.05, 0.1) is 13.2 Å². The first-order valence-corrected chi connectivity index (χ1v) is 7.35. The lowest BCUT2D eigenvalue weighted by Crippen LogP contribution is -2.41. The third-order valence-electron chi connectivity index (χ3n) is 3.76. The molecule has 1 fully saturated rings. The van der Waals surface area contributed by atoms with Gasteiger partial charge in [0, 0.05) is 49.3 Å². The van der Waals surface area contributed by atoms with Gasteiger partial charge in [-0.1, -0.05) is 18.2 Å². The maximum atomic E-state index is 12.0. The molecule has 0 aliphatic carbocycles. The number of hydrogen-bond donors (Lipinski definition) is 1. The number of nitrogens with zero attached hydrogens (tertiary/aromatic N) is 2. The van der Waals surface area contributed by atoms with Crippen LogP contribution in [0.15, 0.2) is 30.5 Å². The highest BCUT2D eigenvalue weighted by Crippen LogP contribution is 2.13. The van der Waals surface area contributed by atoms with Crippen molar-refractivity contribution < 1.29 is 9.53 Å². The van der Waals surface area contributed by atoms with Crippen molar-refractivity contribution in [2.45, 2.75) is 6.54 Å². The minimum Gasteiger partial charge on any atom is -0.379 e. The summed E-state index contributed by atoms with van der Waals surface area (Å²) >= 11 is 0. The normalized spacial score (nSPS) is 16.2. The van der Waals surface area contributed by atoms with E-state index in [1.54, 1.807) is 0 Å². The van der Waals surface area contributed by atoms with Crippen molar-refractivity contribution in [3.8, 4) is 0 Å². The molecule has 1 aromatic heterocycles. The van der Waals surface area contributed by atoms with Crippen molar-refractivity contribution in [2.24, 2.45) is 0 Å². The van der Waals surface area contributed by atoms with E-state index in [0.717, 1.165) is 43.8 Å². The van der Waals surface area contributed by atoms with Gasteiger partial charge in [-0.2, -0.15) is 0 Å². The predicted molar refractivity (Wildman–Crippen MR) is 81.0 cm³/mol. The quantitative estimate of drug-likeness (QED) is 0.888. The molecule has 1 aliphatic rings. The largest absolute Gasteiger partial charge is 0.379 e. The number of carbonyl (C=O) groups excluding carboxylic acids is 1. The Labute approximate surface area is 124 Å². The summed E-state index contributed by atoms with van der Waals surface area (Å²) in [6.45, 7) is 5.39. The Hall–Kier alpha value is -1.85. The number of hydrogen-bond acceptors (Lipinski definition) is 3. The van der Waals surface area contributed by atoms with Crippen LogP contribution < -0.4 is 5.32 Å². The summed E-state index contributed by atoms with van der Waals surface area (Å²) in [7, 11) is 0. The number of morpholine rings is 1. The van der Waals surface area contributed by atoms with Crippen LogP contribution in [0.1, 0.15) is 0 Å². The molecule has 1 amide bonds. The van der Waals surface area contributed by atoms with E-state index in [4.69, 9.17) is 4.74 Å². The molecule has 1 aliphatic heterocycles. The van der Waals surface area contributed by atoms with Crippen LogP contribution in [0.3, 0.4) is 0 Å². The number of rotatable bonds is 5. The van der Waals surface area contributed by atoms with Gasteiger partial charge in [0.1, 0.15) is 6.54 Å². The first-order valence-electron chi connectivity index (χ1n) is 7.35. The van der Waals surface area contributed by atoms with Crippen LogP contribution in [0.4, 0.5) is 0 Å². The number of amides is 1. The first kappa shape index (κ1) is 14.1. The summed E-state index contributed by atoms with van der Waals surface area (Å²) in [6, 6.07) is 11.1. The van der Waals surface area contributed by atoms with Crippen molar-refractivity contribution in [2.75, 3.05) is 39.4 Å². The molecule has 1 N–H and O–H groups in total. The van der Waals surface area contributed by atoms with E-state index in [2.05, 4.69) is 16.3 Å². The Morgan fingerprint density at radius 3 is 2.95 bits per heavy atom. The molecule has 1 radical (unpaired) electrons. The second-order valence-corrected chi connectivity index (χ2v) is 5.22. The van der Waals surface area contributed by atoms with Gasteiger partial charge in [0.25, 0.3) is 0 Å². The number of benzene rings is 1. The molecule has 1 saturated heterocycles. The Balaban J connectivity index is 1.47. The van der Waals surface area contributed by atoms with E-state index in [0.29, 0.717) is 13.1 Å². The molecule has 5 heteroatoms. The summed E-state index contributed by atoms with van der Waals surface area (Å²) < 4.78 is 7.23. The fourth-order valence-electron chi connectivity index (χ4n) is 2.58. The third kappa shape index (κ3) is 3.62. The first-order chi connectivity index (χ1) is 10.3. The monoisotopic (exact) mass is 286 g/mol. The van der Waals surface area contributed by atoms with Crippen LogP contribution in [0.25, 0.3) is 10.9 Å².